The number of aryl methyl sites for hydroxylation is 1. The molecule has 0 aromatic heterocycles. The predicted octanol–water partition coefficient (Wildman–Crippen LogP) is 1.97. The molecule has 4 N–H and O–H groups in total. The van der Waals surface area contributed by atoms with Crippen LogP contribution in [0.5, 0.6) is 0 Å². The molecule has 1 unspecified atom stereocenters. The van der Waals surface area contributed by atoms with Crippen LogP contribution >= 0.6 is 12.4 Å². The number of carbonyl (C=O) groups excluding carboxylic acids is 2. The van der Waals surface area contributed by atoms with Gasteiger partial charge in [0.1, 0.15) is 0 Å². The first-order valence-electron chi connectivity index (χ1n) is 9.14. The van der Waals surface area contributed by atoms with E-state index in [1.807, 2.05) is 36.1 Å². The fraction of sp³-hybridized carbons (Fsp3) is 0.579. The molecule has 7 heteroatoms. The van der Waals surface area contributed by atoms with Gasteiger partial charge in [0.25, 0.3) is 0 Å². The second-order valence-corrected chi connectivity index (χ2v) is 7.26. The summed E-state index contributed by atoms with van der Waals surface area (Å²) in [5, 5.41) is 6.20. The molecule has 0 saturated carbocycles. The second-order valence-electron chi connectivity index (χ2n) is 7.26. The van der Waals surface area contributed by atoms with Gasteiger partial charge < -0.3 is 21.3 Å². The lowest BCUT2D eigenvalue weighted by Crippen LogP contribution is -2.39. The van der Waals surface area contributed by atoms with Crippen molar-refractivity contribution >= 4 is 24.3 Å². The highest BCUT2D eigenvalue weighted by atomic mass is 35.5. The maximum atomic E-state index is 12.9. The number of primary amides is 1. The maximum Gasteiger partial charge on any atom is 0.312 e. The number of benzene rings is 1. The minimum Gasteiger partial charge on any atom is -0.352 e. The number of fused-ring (bicyclic) bond motifs is 1. The average molecular weight is 381 g/mol. The molecule has 1 aromatic carbocycles. The van der Waals surface area contributed by atoms with Crippen molar-refractivity contribution in [2.45, 2.75) is 32.2 Å². The summed E-state index contributed by atoms with van der Waals surface area (Å²) in [6, 6.07) is 6.82. The lowest BCUT2D eigenvalue weighted by Gasteiger charge is -2.25. The highest BCUT2D eigenvalue weighted by Gasteiger charge is 2.32. The zero-order chi connectivity index (χ0) is 17.8. The summed E-state index contributed by atoms with van der Waals surface area (Å²) in [6.45, 7) is 5.73. The Hall–Kier alpha value is -1.79. The Morgan fingerprint density at radius 1 is 1.23 bits per heavy atom. The summed E-state index contributed by atoms with van der Waals surface area (Å²) in [4.78, 5) is 26.2. The Balaban J connectivity index is 0.00000243. The fourth-order valence-electron chi connectivity index (χ4n) is 4.16. The molecule has 2 aliphatic rings. The molecular formula is C19H29ClN4O2. The third-order valence-electron chi connectivity index (χ3n) is 5.63. The first-order valence-corrected chi connectivity index (χ1v) is 9.14. The van der Waals surface area contributed by atoms with E-state index in [2.05, 4.69) is 10.6 Å². The fourth-order valence-corrected chi connectivity index (χ4v) is 4.16. The van der Waals surface area contributed by atoms with E-state index in [1.165, 1.54) is 0 Å². The topological polar surface area (TPSA) is 87.5 Å². The molecule has 2 fully saturated rings. The highest BCUT2D eigenvalue weighted by Crippen LogP contribution is 2.28. The molecule has 1 aromatic rings. The lowest BCUT2D eigenvalue weighted by molar-refractivity contribution is -0.131. The number of nitrogens with one attached hydrogen (secondary N) is 2. The van der Waals surface area contributed by atoms with Gasteiger partial charge >= 0.3 is 6.03 Å². The van der Waals surface area contributed by atoms with Gasteiger partial charge in [0, 0.05) is 13.1 Å². The minimum atomic E-state index is -0.600. The Morgan fingerprint density at radius 2 is 1.85 bits per heavy atom. The molecule has 2 saturated heterocycles. The summed E-state index contributed by atoms with van der Waals surface area (Å²) in [5.74, 6) is 1.47. The Kier molecular flexibility index (Phi) is 7.29. The molecule has 0 radical (unpaired) electrons. The van der Waals surface area contributed by atoms with E-state index >= 15 is 0 Å². The Labute approximate surface area is 161 Å². The van der Waals surface area contributed by atoms with E-state index in [4.69, 9.17) is 5.73 Å². The van der Waals surface area contributed by atoms with E-state index in [1.54, 1.807) is 0 Å². The van der Waals surface area contributed by atoms with Crippen LogP contribution < -0.4 is 16.4 Å². The number of nitrogens with zero attached hydrogens (tertiary/aromatic N) is 1. The molecule has 0 bridgehead atoms. The van der Waals surface area contributed by atoms with Gasteiger partial charge in [-0.2, -0.15) is 0 Å². The van der Waals surface area contributed by atoms with E-state index in [0.717, 1.165) is 50.1 Å². The number of carbonyl (C=O) groups is 2. The number of hydrogen-bond donors (Lipinski definition) is 3. The largest absolute Gasteiger partial charge is 0.352 e. The van der Waals surface area contributed by atoms with Gasteiger partial charge in [0.05, 0.1) is 12.5 Å². The molecule has 3 rings (SSSR count). The van der Waals surface area contributed by atoms with Crippen LogP contribution in [0.4, 0.5) is 4.79 Å². The first-order chi connectivity index (χ1) is 12.0. The van der Waals surface area contributed by atoms with Crippen molar-refractivity contribution < 1.29 is 9.59 Å². The van der Waals surface area contributed by atoms with Crippen molar-refractivity contribution in [1.82, 2.24) is 15.5 Å². The third kappa shape index (κ3) is 4.89. The molecule has 26 heavy (non-hydrogen) atoms. The zero-order valence-electron chi connectivity index (χ0n) is 15.2. The lowest BCUT2D eigenvalue weighted by atomic mass is 9.92. The van der Waals surface area contributed by atoms with Crippen LogP contribution in [0, 0.1) is 18.8 Å². The van der Waals surface area contributed by atoms with Gasteiger partial charge in [0.2, 0.25) is 5.91 Å². The summed E-state index contributed by atoms with van der Waals surface area (Å²) in [6.07, 6.45) is 2.37. The Morgan fingerprint density at radius 3 is 2.42 bits per heavy atom. The van der Waals surface area contributed by atoms with Crippen molar-refractivity contribution in [3.05, 3.63) is 35.4 Å². The molecule has 6 nitrogen and oxygen atoms in total. The first kappa shape index (κ1) is 20.5. The number of likely N-dealkylation sites (tertiary alicyclic amines) is 1. The molecule has 2 aliphatic heterocycles. The summed E-state index contributed by atoms with van der Waals surface area (Å²) >= 11 is 0. The van der Waals surface area contributed by atoms with E-state index in [9.17, 15) is 9.59 Å². The third-order valence-corrected chi connectivity index (χ3v) is 5.63. The van der Waals surface area contributed by atoms with Crippen molar-refractivity contribution in [1.29, 1.82) is 0 Å². The molecule has 144 valence electrons. The number of rotatable bonds is 4. The number of urea groups is 1. The van der Waals surface area contributed by atoms with Gasteiger partial charge in [-0.05, 0) is 55.8 Å². The molecule has 0 aliphatic carbocycles. The van der Waals surface area contributed by atoms with E-state index < -0.39 is 6.03 Å². The normalized spacial score (nSPS) is 23.3. The van der Waals surface area contributed by atoms with Gasteiger partial charge in [-0.1, -0.05) is 24.3 Å². The van der Waals surface area contributed by atoms with E-state index in [-0.39, 0.29) is 30.8 Å². The van der Waals surface area contributed by atoms with E-state index in [0.29, 0.717) is 11.8 Å². The molecule has 2 heterocycles. The van der Waals surface area contributed by atoms with Crippen LogP contribution in [0.3, 0.4) is 0 Å². The zero-order valence-corrected chi connectivity index (χ0v) is 16.1. The monoisotopic (exact) mass is 380 g/mol. The van der Waals surface area contributed by atoms with Crippen molar-refractivity contribution in [2.75, 3.05) is 26.2 Å². The molecule has 3 amide bonds. The maximum absolute atomic E-state index is 12.9. The standard InChI is InChI=1S/C19H28N4O2.ClH/c1-13-4-2-3-5-16(13)17(22-19(20)25)10-18(24)23-8-6-14-11-21-12-15(14)7-9-23;/h2-5,14-15,17,21H,6-12H2,1H3,(H3,20,22,25);1H/t14-,15+,17?;. The molecule has 3 atom stereocenters. The Bertz CT molecular complexity index is 626. The van der Waals surface area contributed by atoms with Crippen LogP contribution in [-0.2, 0) is 4.79 Å². The van der Waals surface area contributed by atoms with Crippen LogP contribution in [-0.4, -0.2) is 43.0 Å². The van der Waals surface area contributed by atoms with Gasteiger partial charge in [-0.25, -0.2) is 4.79 Å². The quantitative estimate of drug-likeness (QED) is 0.746. The second kappa shape index (κ2) is 9.24. The number of hydrogen-bond acceptors (Lipinski definition) is 3. The van der Waals surface area contributed by atoms with Crippen molar-refractivity contribution in [3.8, 4) is 0 Å². The SMILES string of the molecule is Cc1ccccc1C(CC(=O)N1CC[C@@H]2CNC[C@@H]2CC1)NC(N)=O.Cl. The molecular weight excluding hydrogens is 352 g/mol. The van der Waals surface area contributed by atoms with Gasteiger partial charge in [-0.3, -0.25) is 4.79 Å². The van der Waals surface area contributed by atoms with Crippen LogP contribution in [0.1, 0.15) is 36.4 Å². The average Bonchev–Trinajstić information content (AvgIpc) is 2.92. The number of nitrogens with two attached hydrogens (primary N) is 1. The predicted molar refractivity (Wildman–Crippen MR) is 104 cm³/mol. The number of amides is 3. The van der Waals surface area contributed by atoms with Crippen LogP contribution in [0.15, 0.2) is 24.3 Å². The summed E-state index contributed by atoms with van der Waals surface area (Å²) in [7, 11) is 0. The minimum absolute atomic E-state index is 0. The van der Waals surface area contributed by atoms with Gasteiger partial charge in [-0.15, -0.1) is 12.4 Å². The number of halogens is 1. The van der Waals surface area contributed by atoms with Crippen LogP contribution in [0.2, 0.25) is 0 Å². The van der Waals surface area contributed by atoms with Crippen LogP contribution in [0.25, 0.3) is 0 Å². The molecule has 0 spiro atoms. The smallest absolute Gasteiger partial charge is 0.312 e. The highest BCUT2D eigenvalue weighted by molar-refractivity contribution is 5.85. The van der Waals surface area contributed by atoms with Crippen molar-refractivity contribution in [2.24, 2.45) is 17.6 Å². The summed E-state index contributed by atoms with van der Waals surface area (Å²) in [5.41, 5.74) is 7.34. The van der Waals surface area contributed by atoms with Crippen molar-refractivity contribution in [3.63, 3.8) is 0 Å². The van der Waals surface area contributed by atoms with Gasteiger partial charge in [0.15, 0.2) is 0 Å². The summed E-state index contributed by atoms with van der Waals surface area (Å²) < 4.78 is 0.